The molecule has 1 aromatic rings. The number of carbonyl (C=O) groups excluding carboxylic acids is 1. The quantitative estimate of drug-likeness (QED) is 0.851. The maximum Gasteiger partial charge on any atom is 0.228 e. The van der Waals surface area contributed by atoms with Crippen LogP contribution in [0, 0.1) is 11.8 Å². The summed E-state index contributed by atoms with van der Waals surface area (Å²) in [5, 5.41) is 10.2. The molecular weight excluding hydrogens is 240 g/mol. The van der Waals surface area contributed by atoms with E-state index in [0.29, 0.717) is 5.92 Å². The van der Waals surface area contributed by atoms with Crippen molar-refractivity contribution in [2.45, 2.75) is 20.4 Å². The highest BCUT2D eigenvalue weighted by Crippen LogP contribution is 2.18. The van der Waals surface area contributed by atoms with Gasteiger partial charge in [0, 0.05) is 18.5 Å². The zero-order valence-electron chi connectivity index (χ0n) is 10.1. The van der Waals surface area contributed by atoms with Crippen molar-refractivity contribution in [1.29, 1.82) is 0 Å². The highest BCUT2D eigenvalue weighted by molar-refractivity contribution is 5.91. The van der Waals surface area contributed by atoms with Crippen LogP contribution < -0.4 is 10.6 Å². The Bertz CT molecular complexity index is 375. The van der Waals surface area contributed by atoms with Crippen molar-refractivity contribution in [3.63, 3.8) is 0 Å². The van der Waals surface area contributed by atoms with Crippen molar-refractivity contribution in [2.24, 2.45) is 11.8 Å². The molecule has 1 saturated heterocycles. The van der Waals surface area contributed by atoms with E-state index in [1.807, 2.05) is 19.9 Å². The molecule has 2 heterocycles. The Morgan fingerprint density at radius 2 is 2.41 bits per heavy atom. The Balaban J connectivity index is 0.00000144. The molecule has 0 saturated carbocycles. The molecule has 5 nitrogen and oxygen atoms in total. The van der Waals surface area contributed by atoms with Crippen LogP contribution in [0.5, 0.6) is 0 Å². The lowest BCUT2D eigenvalue weighted by molar-refractivity contribution is -0.121. The van der Waals surface area contributed by atoms with Gasteiger partial charge in [-0.2, -0.15) is 5.10 Å². The molecule has 1 aliphatic rings. The number of hydrogen-bond donors (Lipinski definition) is 2. The van der Waals surface area contributed by atoms with Gasteiger partial charge in [-0.1, -0.05) is 6.92 Å². The number of nitrogens with zero attached hydrogens (tertiary/aromatic N) is 2. The minimum Gasteiger partial charge on any atom is -0.316 e. The lowest BCUT2D eigenvalue weighted by Crippen LogP contribution is -2.48. The van der Waals surface area contributed by atoms with Crippen molar-refractivity contribution in [2.75, 3.05) is 18.4 Å². The van der Waals surface area contributed by atoms with Crippen molar-refractivity contribution < 1.29 is 4.79 Å². The lowest BCUT2D eigenvalue weighted by atomic mass is 9.88. The summed E-state index contributed by atoms with van der Waals surface area (Å²) in [6, 6.07) is 1.83. The molecule has 1 atom stereocenters. The van der Waals surface area contributed by atoms with Crippen LogP contribution in [-0.2, 0) is 11.3 Å². The molecule has 0 spiro atoms. The van der Waals surface area contributed by atoms with Crippen molar-refractivity contribution in [1.82, 2.24) is 15.1 Å². The van der Waals surface area contributed by atoms with Crippen LogP contribution in [0.3, 0.4) is 0 Å². The van der Waals surface area contributed by atoms with Gasteiger partial charge in [-0.25, -0.2) is 4.68 Å². The summed E-state index contributed by atoms with van der Waals surface area (Å²) in [5.74, 6) is 1.40. The fraction of sp³-hybridized carbons (Fsp3) is 0.636. The normalized spacial score (nSPS) is 16.8. The Labute approximate surface area is 107 Å². The van der Waals surface area contributed by atoms with Crippen LogP contribution in [0.15, 0.2) is 12.3 Å². The van der Waals surface area contributed by atoms with Crippen molar-refractivity contribution >= 4 is 24.1 Å². The van der Waals surface area contributed by atoms with Gasteiger partial charge in [-0.15, -0.1) is 12.4 Å². The first-order valence-electron chi connectivity index (χ1n) is 5.75. The second kappa shape index (κ2) is 6.02. The first-order valence-corrected chi connectivity index (χ1v) is 5.75. The summed E-state index contributed by atoms with van der Waals surface area (Å²) in [7, 11) is 0. The zero-order chi connectivity index (χ0) is 11.5. The van der Waals surface area contributed by atoms with Crippen molar-refractivity contribution in [3.8, 4) is 0 Å². The van der Waals surface area contributed by atoms with Gasteiger partial charge in [0.2, 0.25) is 5.91 Å². The van der Waals surface area contributed by atoms with Gasteiger partial charge < -0.3 is 10.6 Å². The Kier molecular flexibility index (Phi) is 4.96. The summed E-state index contributed by atoms with van der Waals surface area (Å²) in [6.45, 7) is 6.64. The molecule has 1 aliphatic heterocycles. The Morgan fingerprint density at radius 1 is 1.71 bits per heavy atom. The minimum atomic E-state index is 0. The fourth-order valence-electron chi connectivity index (χ4n) is 1.81. The van der Waals surface area contributed by atoms with E-state index in [-0.39, 0.29) is 24.2 Å². The van der Waals surface area contributed by atoms with Gasteiger partial charge in [-0.05, 0) is 25.9 Å². The third kappa shape index (κ3) is 2.98. The molecule has 1 aromatic heterocycles. The molecule has 6 heteroatoms. The summed E-state index contributed by atoms with van der Waals surface area (Å²) in [6.07, 6.45) is 1.70. The van der Waals surface area contributed by atoms with Crippen LogP contribution in [0.1, 0.15) is 13.8 Å². The largest absolute Gasteiger partial charge is 0.316 e. The highest BCUT2D eigenvalue weighted by Gasteiger charge is 2.28. The third-order valence-electron chi connectivity index (χ3n) is 3.20. The predicted octanol–water partition coefficient (Wildman–Crippen LogP) is 1.12. The van der Waals surface area contributed by atoms with E-state index in [1.165, 1.54) is 0 Å². The highest BCUT2D eigenvalue weighted by atomic mass is 35.5. The number of carbonyl (C=O) groups is 1. The second-order valence-corrected chi connectivity index (χ2v) is 4.23. The van der Waals surface area contributed by atoms with Crippen molar-refractivity contribution in [3.05, 3.63) is 12.3 Å². The van der Waals surface area contributed by atoms with E-state index in [1.54, 1.807) is 10.9 Å². The van der Waals surface area contributed by atoms with E-state index in [9.17, 15) is 4.79 Å². The van der Waals surface area contributed by atoms with E-state index >= 15 is 0 Å². The first kappa shape index (κ1) is 14.0. The van der Waals surface area contributed by atoms with Gasteiger partial charge in [-0.3, -0.25) is 4.79 Å². The van der Waals surface area contributed by atoms with Crippen LogP contribution >= 0.6 is 12.4 Å². The number of rotatable bonds is 4. The molecule has 96 valence electrons. The molecular formula is C11H19ClN4O. The monoisotopic (exact) mass is 258 g/mol. The van der Waals surface area contributed by atoms with E-state index < -0.39 is 0 Å². The number of anilines is 1. The Hall–Kier alpha value is -1.07. The average Bonchev–Trinajstić information content (AvgIpc) is 2.62. The van der Waals surface area contributed by atoms with Gasteiger partial charge in [0.15, 0.2) is 0 Å². The van der Waals surface area contributed by atoms with Crippen LogP contribution in [0.4, 0.5) is 5.82 Å². The summed E-state index contributed by atoms with van der Waals surface area (Å²) < 4.78 is 1.78. The maximum absolute atomic E-state index is 11.9. The maximum atomic E-state index is 11.9. The van der Waals surface area contributed by atoms with Crippen LogP contribution in [-0.4, -0.2) is 28.8 Å². The number of amides is 1. The van der Waals surface area contributed by atoms with E-state index in [4.69, 9.17) is 0 Å². The number of nitrogens with one attached hydrogen (secondary N) is 2. The van der Waals surface area contributed by atoms with E-state index in [2.05, 4.69) is 15.7 Å². The standard InChI is InChI=1S/C11H18N4O.ClH/c1-3-15-10(4-5-13-15)14-11(16)8(2)9-6-12-7-9;/h4-5,8-9,12H,3,6-7H2,1-2H3,(H,14,16);1H. The number of aromatic nitrogens is 2. The number of aryl methyl sites for hydroxylation is 1. The molecule has 0 radical (unpaired) electrons. The fourth-order valence-corrected chi connectivity index (χ4v) is 1.81. The topological polar surface area (TPSA) is 59.0 Å². The lowest BCUT2D eigenvalue weighted by Gasteiger charge is -2.31. The van der Waals surface area contributed by atoms with Gasteiger partial charge in [0.05, 0.1) is 6.20 Å². The molecule has 0 aliphatic carbocycles. The molecule has 2 N–H and O–H groups in total. The minimum absolute atomic E-state index is 0. The SMILES string of the molecule is CCn1nccc1NC(=O)C(C)C1CNC1.Cl. The molecule has 1 fully saturated rings. The third-order valence-corrected chi connectivity index (χ3v) is 3.20. The van der Waals surface area contributed by atoms with Gasteiger partial charge in [0.1, 0.15) is 5.82 Å². The van der Waals surface area contributed by atoms with Gasteiger partial charge in [0.25, 0.3) is 0 Å². The summed E-state index contributed by atoms with van der Waals surface area (Å²) >= 11 is 0. The van der Waals surface area contributed by atoms with E-state index in [0.717, 1.165) is 25.5 Å². The zero-order valence-corrected chi connectivity index (χ0v) is 11.0. The predicted molar refractivity (Wildman–Crippen MR) is 69.3 cm³/mol. The first-order chi connectivity index (χ1) is 7.72. The summed E-state index contributed by atoms with van der Waals surface area (Å²) in [5.41, 5.74) is 0. The molecule has 0 bridgehead atoms. The summed E-state index contributed by atoms with van der Waals surface area (Å²) in [4.78, 5) is 11.9. The number of hydrogen-bond acceptors (Lipinski definition) is 3. The van der Waals surface area contributed by atoms with Crippen LogP contribution in [0.2, 0.25) is 0 Å². The molecule has 0 aromatic carbocycles. The van der Waals surface area contributed by atoms with Crippen LogP contribution in [0.25, 0.3) is 0 Å². The van der Waals surface area contributed by atoms with Gasteiger partial charge >= 0.3 is 0 Å². The second-order valence-electron chi connectivity index (χ2n) is 4.23. The Morgan fingerprint density at radius 3 is 2.94 bits per heavy atom. The smallest absolute Gasteiger partial charge is 0.228 e. The number of halogens is 1. The molecule has 1 unspecified atom stereocenters. The molecule has 1 amide bonds. The molecule has 17 heavy (non-hydrogen) atoms. The molecule has 2 rings (SSSR count). The average molecular weight is 259 g/mol.